The van der Waals surface area contributed by atoms with Gasteiger partial charge in [0.25, 0.3) is 6.04 Å². The SMILES string of the molecule is O=[N+]([O-])C1C=CNC1NCCCCN1CC=CO1. The molecule has 0 aromatic rings. The van der Waals surface area contributed by atoms with E-state index in [2.05, 4.69) is 10.6 Å². The van der Waals surface area contributed by atoms with E-state index < -0.39 is 6.04 Å². The molecule has 7 nitrogen and oxygen atoms in total. The van der Waals surface area contributed by atoms with Gasteiger partial charge < -0.3 is 10.2 Å². The Hall–Kier alpha value is -1.60. The van der Waals surface area contributed by atoms with Crippen LogP contribution in [0, 0.1) is 10.1 Å². The molecule has 0 bridgehead atoms. The fraction of sp³-hybridized carbons (Fsp3) is 0.636. The predicted molar refractivity (Wildman–Crippen MR) is 65.9 cm³/mol. The van der Waals surface area contributed by atoms with Crippen molar-refractivity contribution in [3.63, 3.8) is 0 Å². The quantitative estimate of drug-likeness (QED) is 0.384. The van der Waals surface area contributed by atoms with Gasteiger partial charge in [0.05, 0.1) is 6.54 Å². The van der Waals surface area contributed by atoms with E-state index >= 15 is 0 Å². The number of nitrogens with zero attached hydrogens (tertiary/aromatic N) is 2. The summed E-state index contributed by atoms with van der Waals surface area (Å²) in [6.07, 6.45) is 8.53. The van der Waals surface area contributed by atoms with Crippen molar-refractivity contribution in [2.24, 2.45) is 0 Å². The Morgan fingerprint density at radius 3 is 3.17 bits per heavy atom. The molecule has 0 amide bonds. The lowest BCUT2D eigenvalue weighted by Crippen LogP contribution is -2.47. The zero-order valence-electron chi connectivity index (χ0n) is 10.1. The first-order valence-electron chi connectivity index (χ1n) is 6.14. The van der Waals surface area contributed by atoms with Crippen molar-refractivity contribution in [3.8, 4) is 0 Å². The van der Waals surface area contributed by atoms with Crippen molar-refractivity contribution in [1.29, 1.82) is 0 Å². The standard InChI is InChI=1S/C11H18N4O3/c16-15(17)10-4-6-13-11(10)12-5-1-2-7-14-8-3-9-18-14/h3-4,6,9-13H,1-2,5,7-8H2. The van der Waals surface area contributed by atoms with Gasteiger partial charge in [-0.3, -0.25) is 15.4 Å². The van der Waals surface area contributed by atoms with E-state index in [0.29, 0.717) is 0 Å². The molecular formula is C11H18N4O3. The van der Waals surface area contributed by atoms with E-state index in [1.54, 1.807) is 18.5 Å². The van der Waals surface area contributed by atoms with Crippen molar-refractivity contribution in [2.45, 2.75) is 25.0 Å². The Balaban J connectivity index is 1.54. The zero-order chi connectivity index (χ0) is 12.8. The van der Waals surface area contributed by atoms with Crippen LogP contribution in [0.2, 0.25) is 0 Å². The van der Waals surface area contributed by atoms with Gasteiger partial charge in [-0.2, -0.15) is 0 Å². The molecule has 0 fully saturated rings. The summed E-state index contributed by atoms with van der Waals surface area (Å²) in [5.41, 5.74) is 0. The highest BCUT2D eigenvalue weighted by Gasteiger charge is 2.31. The van der Waals surface area contributed by atoms with Crippen LogP contribution in [-0.4, -0.2) is 41.8 Å². The number of rotatable bonds is 7. The minimum Gasteiger partial charge on any atom is -0.414 e. The molecule has 2 rings (SSSR count). The third-order valence-corrected chi connectivity index (χ3v) is 2.97. The molecule has 0 spiro atoms. The summed E-state index contributed by atoms with van der Waals surface area (Å²) in [5, 5.41) is 18.7. The number of hydrogen-bond acceptors (Lipinski definition) is 6. The molecule has 2 N–H and O–H groups in total. The lowest BCUT2D eigenvalue weighted by Gasteiger charge is -2.17. The third kappa shape index (κ3) is 3.44. The summed E-state index contributed by atoms with van der Waals surface area (Å²) < 4.78 is 0. The number of hydroxylamine groups is 2. The zero-order valence-corrected chi connectivity index (χ0v) is 10.1. The van der Waals surface area contributed by atoms with Gasteiger partial charge in [0.1, 0.15) is 12.4 Å². The molecule has 0 aromatic heterocycles. The van der Waals surface area contributed by atoms with Crippen LogP contribution in [0.15, 0.2) is 24.6 Å². The molecule has 0 aliphatic carbocycles. The maximum atomic E-state index is 10.7. The molecule has 100 valence electrons. The second-order valence-electron chi connectivity index (χ2n) is 4.31. The van der Waals surface area contributed by atoms with Gasteiger partial charge in [-0.25, -0.2) is 0 Å². The second-order valence-corrected chi connectivity index (χ2v) is 4.31. The first-order chi connectivity index (χ1) is 8.77. The Labute approximate surface area is 106 Å². The largest absolute Gasteiger partial charge is 0.414 e. The fourth-order valence-corrected chi connectivity index (χ4v) is 1.99. The van der Waals surface area contributed by atoms with Crippen molar-refractivity contribution in [3.05, 3.63) is 34.7 Å². The number of unbranched alkanes of at least 4 members (excludes halogenated alkanes) is 1. The van der Waals surface area contributed by atoms with E-state index in [1.165, 1.54) is 0 Å². The molecule has 7 heteroatoms. The van der Waals surface area contributed by atoms with Crippen molar-refractivity contribution >= 4 is 0 Å². The maximum absolute atomic E-state index is 10.7. The van der Waals surface area contributed by atoms with Gasteiger partial charge in [-0.15, -0.1) is 5.06 Å². The van der Waals surface area contributed by atoms with Gasteiger partial charge in [-0.05, 0) is 25.5 Å². The van der Waals surface area contributed by atoms with Crippen LogP contribution in [0.5, 0.6) is 0 Å². The molecule has 0 saturated carbocycles. The Morgan fingerprint density at radius 2 is 2.44 bits per heavy atom. The summed E-state index contributed by atoms with van der Waals surface area (Å²) in [5.74, 6) is 0. The molecule has 0 radical (unpaired) electrons. The monoisotopic (exact) mass is 254 g/mol. The van der Waals surface area contributed by atoms with Gasteiger partial charge in [-0.1, -0.05) is 0 Å². The molecule has 0 saturated heterocycles. The molecule has 2 aliphatic rings. The van der Waals surface area contributed by atoms with E-state index in [-0.39, 0.29) is 11.1 Å². The fourth-order valence-electron chi connectivity index (χ4n) is 1.99. The van der Waals surface area contributed by atoms with Crippen LogP contribution in [0.3, 0.4) is 0 Å². The molecule has 0 aromatic carbocycles. The maximum Gasteiger partial charge on any atom is 0.265 e. The van der Waals surface area contributed by atoms with Crippen LogP contribution in [-0.2, 0) is 4.84 Å². The third-order valence-electron chi connectivity index (χ3n) is 2.97. The molecule has 2 unspecified atom stereocenters. The Bertz CT molecular complexity index is 337. The van der Waals surface area contributed by atoms with Crippen LogP contribution < -0.4 is 10.6 Å². The topological polar surface area (TPSA) is 79.7 Å². The van der Waals surface area contributed by atoms with Crippen LogP contribution >= 0.6 is 0 Å². The van der Waals surface area contributed by atoms with Crippen molar-refractivity contribution in [1.82, 2.24) is 15.7 Å². The summed E-state index contributed by atoms with van der Waals surface area (Å²) in [6, 6.07) is -0.670. The highest BCUT2D eigenvalue weighted by molar-refractivity contribution is 5.02. The van der Waals surface area contributed by atoms with Crippen LogP contribution in [0.1, 0.15) is 12.8 Å². The molecule has 2 heterocycles. The summed E-state index contributed by atoms with van der Waals surface area (Å²) in [6.45, 7) is 2.47. The second kappa shape index (κ2) is 6.36. The van der Waals surface area contributed by atoms with E-state index in [0.717, 1.165) is 32.5 Å². The van der Waals surface area contributed by atoms with E-state index in [4.69, 9.17) is 4.84 Å². The average molecular weight is 254 g/mol. The van der Waals surface area contributed by atoms with Crippen molar-refractivity contribution < 1.29 is 9.76 Å². The minimum absolute atomic E-state index is 0.280. The minimum atomic E-state index is -0.670. The summed E-state index contributed by atoms with van der Waals surface area (Å²) in [7, 11) is 0. The first-order valence-corrected chi connectivity index (χ1v) is 6.14. The predicted octanol–water partition coefficient (Wildman–Crippen LogP) is 0.205. The normalized spacial score (nSPS) is 26.2. The van der Waals surface area contributed by atoms with E-state index in [9.17, 15) is 10.1 Å². The molecule has 2 atom stereocenters. The Morgan fingerprint density at radius 1 is 1.56 bits per heavy atom. The van der Waals surface area contributed by atoms with Crippen LogP contribution in [0.25, 0.3) is 0 Å². The van der Waals surface area contributed by atoms with Gasteiger partial charge in [0.15, 0.2) is 0 Å². The lowest BCUT2D eigenvalue weighted by atomic mass is 10.2. The molecule has 2 aliphatic heterocycles. The lowest BCUT2D eigenvalue weighted by molar-refractivity contribution is -0.512. The number of hydrogen-bond donors (Lipinski definition) is 2. The molecule has 18 heavy (non-hydrogen) atoms. The number of nitrogens with one attached hydrogen (secondary N) is 2. The summed E-state index contributed by atoms with van der Waals surface area (Å²) >= 11 is 0. The molecular weight excluding hydrogens is 236 g/mol. The highest BCUT2D eigenvalue weighted by Crippen LogP contribution is 2.06. The van der Waals surface area contributed by atoms with Crippen LogP contribution in [0.4, 0.5) is 0 Å². The highest BCUT2D eigenvalue weighted by atomic mass is 16.7. The van der Waals surface area contributed by atoms with Crippen molar-refractivity contribution in [2.75, 3.05) is 19.6 Å². The summed E-state index contributed by atoms with van der Waals surface area (Å²) in [4.78, 5) is 15.6. The van der Waals surface area contributed by atoms with Gasteiger partial charge >= 0.3 is 0 Å². The Kier molecular flexibility index (Phi) is 4.54. The smallest absolute Gasteiger partial charge is 0.265 e. The first kappa shape index (κ1) is 12.8. The van der Waals surface area contributed by atoms with Gasteiger partial charge in [0.2, 0.25) is 0 Å². The van der Waals surface area contributed by atoms with Gasteiger partial charge in [0, 0.05) is 23.7 Å². The number of nitro groups is 1. The van der Waals surface area contributed by atoms with E-state index in [1.807, 2.05) is 11.1 Å². The average Bonchev–Trinajstić information content (AvgIpc) is 2.98.